The lowest BCUT2D eigenvalue weighted by atomic mass is 10.2. The molecule has 0 saturated carbocycles. The fraction of sp³-hybridized carbons (Fsp3) is 0.0769. The molecule has 88 valence electrons. The second-order valence-electron chi connectivity index (χ2n) is 3.45. The summed E-state index contributed by atoms with van der Waals surface area (Å²) < 4.78 is 31.6. The Morgan fingerprint density at radius 1 is 1.00 bits per heavy atom. The van der Waals surface area contributed by atoms with E-state index in [1.807, 2.05) is 0 Å². The van der Waals surface area contributed by atoms with Gasteiger partial charge in [0.05, 0.1) is 18.5 Å². The van der Waals surface area contributed by atoms with E-state index in [2.05, 4.69) is 5.32 Å². The zero-order valence-corrected chi connectivity index (χ0v) is 9.21. The highest BCUT2D eigenvalue weighted by molar-refractivity contribution is 5.66. The zero-order chi connectivity index (χ0) is 12.3. The van der Waals surface area contributed by atoms with Crippen molar-refractivity contribution in [1.82, 2.24) is 0 Å². The molecule has 0 unspecified atom stereocenters. The van der Waals surface area contributed by atoms with Crippen molar-refractivity contribution in [3.05, 3.63) is 54.1 Å². The smallest absolute Gasteiger partial charge is 0.146 e. The first-order valence-corrected chi connectivity index (χ1v) is 5.06. The van der Waals surface area contributed by atoms with Crippen molar-refractivity contribution in [3.8, 4) is 5.75 Å². The lowest BCUT2D eigenvalue weighted by Crippen LogP contribution is -1.97. The van der Waals surface area contributed by atoms with E-state index in [9.17, 15) is 8.78 Å². The third-order valence-corrected chi connectivity index (χ3v) is 2.30. The number of halogens is 2. The predicted molar refractivity (Wildman–Crippen MR) is 62.6 cm³/mol. The number of para-hydroxylation sites is 1. The number of nitrogens with one attached hydrogen (secondary N) is 1. The summed E-state index contributed by atoms with van der Waals surface area (Å²) in [5.41, 5.74) is 0.661. The lowest BCUT2D eigenvalue weighted by Gasteiger charge is -2.11. The third-order valence-electron chi connectivity index (χ3n) is 2.30. The summed E-state index contributed by atoms with van der Waals surface area (Å²) >= 11 is 0. The Morgan fingerprint density at radius 3 is 2.47 bits per heavy atom. The van der Waals surface area contributed by atoms with Crippen LogP contribution < -0.4 is 10.1 Å². The highest BCUT2D eigenvalue weighted by Crippen LogP contribution is 2.29. The van der Waals surface area contributed by atoms with Gasteiger partial charge < -0.3 is 10.1 Å². The summed E-state index contributed by atoms with van der Waals surface area (Å²) in [6.45, 7) is 0. The fourth-order valence-electron chi connectivity index (χ4n) is 1.49. The Labute approximate surface area is 97.8 Å². The lowest BCUT2D eigenvalue weighted by molar-refractivity contribution is 0.415. The summed E-state index contributed by atoms with van der Waals surface area (Å²) in [6, 6.07) is 10.2. The standard InChI is InChI=1S/C13H11F2NO/c1-17-13-7-6-9(14)8-12(13)16-11-5-3-2-4-10(11)15/h2-8,16H,1H3. The van der Waals surface area contributed by atoms with Crippen LogP contribution in [0.1, 0.15) is 0 Å². The average molecular weight is 235 g/mol. The molecule has 4 heteroatoms. The maximum Gasteiger partial charge on any atom is 0.146 e. The number of rotatable bonds is 3. The molecule has 0 saturated heterocycles. The molecule has 0 fully saturated rings. The van der Waals surface area contributed by atoms with Crippen molar-refractivity contribution >= 4 is 11.4 Å². The van der Waals surface area contributed by atoms with Crippen LogP contribution in [-0.2, 0) is 0 Å². The van der Waals surface area contributed by atoms with Crippen LogP contribution >= 0.6 is 0 Å². The van der Waals surface area contributed by atoms with Gasteiger partial charge in [0.1, 0.15) is 17.4 Å². The van der Waals surface area contributed by atoms with Gasteiger partial charge in [-0.2, -0.15) is 0 Å². The first kappa shape index (κ1) is 11.4. The quantitative estimate of drug-likeness (QED) is 0.875. The molecule has 0 radical (unpaired) electrons. The van der Waals surface area contributed by atoms with Crippen molar-refractivity contribution in [2.75, 3.05) is 12.4 Å². The number of hydrogen-bond donors (Lipinski definition) is 1. The van der Waals surface area contributed by atoms with Crippen LogP contribution in [0, 0.1) is 11.6 Å². The molecule has 0 aliphatic carbocycles. The predicted octanol–water partition coefficient (Wildman–Crippen LogP) is 3.72. The molecule has 2 aromatic rings. The average Bonchev–Trinajstić information content (AvgIpc) is 2.32. The summed E-state index contributed by atoms with van der Waals surface area (Å²) in [5.74, 6) is -0.363. The molecule has 0 spiro atoms. The maximum absolute atomic E-state index is 13.4. The molecule has 0 aliphatic rings. The molecule has 0 aliphatic heterocycles. The first-order chi connectivity index (χ1) is 8.20. The van der Waals surface area contributed by atoms with Gasteiger partial charge in [0, 0.05) is 6.07 Å². The number of anilines is 2. The fourth-order valence-corrected chi connectivity index (χ4v) is 1.49. The van der Waals surface area contributed by atoms with Gasteiger partial charge in [0.2, 0.25) is 0 Å². The monoisotopic (exact) mass is 235 g/mol. The summed E-state index contributed by atoms with van der Waals surface area (Å²) in [7, 11) is 1.47. The van der Waals surface area contributed by atoms with E-state index in [1.54, 1.807) is 18.2 Å². The van der Waals surface area contributed by atoms with Crippen LogP contribution in [0.25, 0.3) is 0 Å². The van der Waals surface area contributed by atoms with Crippen LogP contribution in [-0.4, -0.2) is 7.11 Å². The van der Waals surface area contributed by atoms with E-state index in [0.717, 1.165) is 0 Å². The Hall–Kier alpha value is -2.10. The molecule has 0 aromatic heterocycles. The molecule has 0 atom stereocenters. The molecule has 2 aromatic carbocycles. The molecule has 1 N–H and O–H groups in total. The number of benzene rings is 2. The van der Waals surface area contributed by atoms with Crippen molar-refractivity contribution in [1.29, 1.82) is 0 Å². The first-order valence-electron chi connectivity index (χ1n) is 5.06. The summed E-state index contributed by atoms with van der Waals surface area (Å²) in [6.07, 6.45) is 0. The second kappa shape index (κ2) is 4.82. The zero-order valence-electron chi connectivity index (χ0n) is 9.21. The van der Waals surface area contributed by atoms with E-state index in [0.29, 0.717) is 11.4 Å². The van der Waals surface area contributed by atoms with Gasteiger partial charge >= 0.3 is 0 Å². The Morgan fingerprint density at radius 2 is 1.76 bits per heavy atom. The molecule has 17 heavy (non-hydrogen) atoms. The van der Waals surface area contributed by atoms with Gasteiger partial charge in [-0.1, -0.05) is 12.1 Å². The molecule has 2 rings (SSSR count). The minimum atomic E-state index is -0.412. The Bertz CT molecular complexity index is 529. The highest BCUT2D eigenvalue weighted by Gasteiger charge is 2.07. The van der Waals surface area contributed by atoms with Crippen LogP contribution in [0.3, 0.4) is 0 Å². The molecule has 0 amide bonds. The van der Waals surface area contributed by atoms with E-state index < -0.39 is 11.6 Å². The van der Waals surface area contributed by atoms with Gasteiger partial charge in [-0.15, -0.1) is 0 Å². The Kier molecular flexibility index (Phi) is 3.23. The summed E-state index contributed by atoms with van der Waals surface area (Å²) in [5, 5.41) is 2.79. The molecule has 0 bridgehead atoms. The van der Waals surface area contributed by atoms with Crippen LogP contribution in [0.4, 0.5) is 20.2 Å². The summed E-state index contributed by atoms with van der Waals surface area (Å²) in [4.78, 5) is 0. The molecular weight excluding hydrogens is 224 g/mol. The van der Waals surface area contributed by atoms with E-state index >= 15 is 0 Å². The number of methoxy groups -OCH3 is 1. The number of hydrogen-bond acceptors (Lipinski definition) is 2. The van der Waals surface area contributed by atoms with Gasteiger partial charge in [0.15, 0.2) is 0 Å². The van der Waals surface area contributed by atoms with E-state index in [-0.39, 0.29) is 5.69 Å². The molecule has 0 heterocycles. The van der Waals surface area contributed by atoms with Crippen molar-refractivity contribution in [2.45, 2.75) is 0 Å². The minimum Gasteiger partial charge on any atom is -0.495 e. The molecule has 2 nitrogen and oxygen atoms in total. The van der Waals surface area contributed by atoms with Crippen LogP contribution in [0.15, 0.2) is 42.5 Å². The third kappa shape index (κ3) is 2.53. The van der Waals surface area contributed by atoms with Crippen LogP contribution in [0.2, 0.25) is 0 Å². The van der Waals surface area contributed by atoms with Gasteiger partial charge in [-0.25, -0.2) is 8.78 Å². The number of ether oxygens (including phenoxy) is 1. The maximum atomic E-state index is 13.4. The minimum absolute atomic E-state index is 0.274. The van der Waals surface area contributed by atoms with Crippen molar-refractivity contribution < 1.29 is 13.5 Å². The molecular formula is C13H11F2NO. The van der Waals surface area contributed by atoms with Gasteiger partial charge in [0.25, 0.3) is 0 Å². The van der Waals surface area contributed by atoms with Gasteiger partial charge in [-0.3, -0.25) is 0 Å². The van der Waals surface area contributed by atoms with Crippen molar-refractivity contribution in [3.63, 3.8) is 0 Å². The van der Waals surface area contributed by atoms with E-state index in [1.165, 1.54) is 31.4 Å². The van der Waals surface area contributed by atoms with E-state index in [4.69, 9.17) is 4.74 Å². The Balaban J connectivity index is 2.35. The van der Waals surface area contributed by atoms with Crippen LogP contribution in [0.5, 0.6) is 5.75 Å². The SMILES string of the molecule is COc1ccc(F)cc1Nc1ccccc1F. The highest BCUT2D eigenvalue weighted by atomic mass is 19.1. The topological polar surface area (TPSA) is 21.3 Å². The van der Waals surface area contributed by atoms with Crippen molar-refractivity contribution in [2.24, 2.45) is 0 Å². The second-order valence-corrected chi connectivity index (χ2v) is 3.45. The van der Waals surface area contributed by atoms with Gasteiger partial charge in [-0.05, 0) is 24.3 Å². The normalized spacial score (nSPS) is 10.1. The largest absolute Gasteiger partial charge is 0.495 e.